The molecule has 8 aromatic rings. The van der Waals surface area contributed by atoms with Gasteiger partial charge in [-0.3, -0.25) is 0 Å². The predicted octanol–water partition coefficient (Wildman–Crippen LogP) is 13.5. The van der Waals surface area contributed by atoms with Gasteiger partial charge in [-0.1, -0.05) is 161 Å². The van der Waals surface area contributed by atoms with Crippen molar-refractivity contribution in [1.29, 1.82) is 0 Å². The number of anilines is 6. The highest BCUT2D eigenvalue weighted by molar-refractivity contribution is 7.00. The molecule has 0 radical (unpaired) electrons. The summed E-state index contributed by atoms with van der Waals surface area (Å²) in [5, 5.41) is 0. The summed E-state index contributed by atoms with van der Waals surface area (Å²) in [6.45, 7) is 4.81. The third-order valence-electron chi connectivity index (χ3n) is 14.2. The second kappa shape index (κ2) is 13.7. The Balaban J connectivity index is 1.13. The number of fused-ring (bicyclic) bond motifs is 7. The molecule has 3 heteroatoms. The van der Waals surface area contributed by atoms with Crippen LogP contribution in [0.5, 0.6) is 0 Å². The molecular weight excluding hydrogens is 723 g/mol. The van der Waals surface area contributed by atoms with Gasteiger partial charge in [0, 0.05) is 39.5 Å². The van der Waals surface area contributed by atoms with Gasteiger partial charge in [0.1, 0.15) is 0 Å². The Morgan fingerprint density at radius 2 is 1.00 bits per heavy atom. The summed E-state index contributed by atoms with van der Waals surface area (Å²) in [5.41, 5.74) is 23.5. The quantitative estimate of drug-likeness (QED) is 0.161. The Kier molecular flexibility index (Phi) is 8.11. The first-order chi connectivity index (χ1) is 29.5. The Labute approximate surface area is 354 Å². The van der Waals surface area contributed by atoms with E-state index >= 15 is 0 Å². The SMILES string of the molecule is CC1(C)c2ccccc2-c2ccc(-c3ccc4c(c3)B3c5ccc(-c6ccccc6)cc5N(c5ccccc5)c5cc(C6CCCCC6)cc(c53)N4c3ccccc3)cc21. The predicted molar refractivity (Wildman–Crippen MR) is 255 cm³/mol. The second-order valence-electron chi connectivity index (χ2n) is 17.9. The van der Waals surface area contributed by atoms with E-state index in [2.05, 4.69) is 206 Å². The third-order valence-corrected chi connectivity index (χ3v) is 14.2. The highest BCUT2D eigenvalue weighted by Crippen LogP contribution is 2.51. The van der Waals surface area contributed by atoms with E-state index in [1.54, 1.807) is 0 Å². The van der Waals surface area contributed by atoms with Crippen LogP contribution < -0.4 is 26.2 Å². The number of para-hydroxylation sites is 2. The monoisotopic (exact) mass is 770 g/mol. The number of nitrogens with zero attached hydrogens (tertiary/aromatic N) is 2. The molecule has 12 rings (SSSR count). The maximum absolute atomic E-state index is 2.59. The maximum atomic E-state index is 2.59. The summed E-state index contributed by atoms with van der Waals surface area (Å²) in [7, 11) is 0. The van der Waals surface area contributed by atoms with Crippen molar-refractivity contribution < 1.29 is 0 Å². The topological polar surface area (TPSA) is 6.48 Å². The van der Waals surface area contributed by atoms with Gasteiger partial charge in [-0.2, -0.15) is 0 Å². The second-order valence-corrected chi connectivity index (χ2v) is 17.9. The zero-order valence-corrected chi connectivity index (χ0v) is 34.4. The lowest BCUT2D eigenvalue weighted by Crippen LogP contribution is -2.61. The molecule has 2 aliphatic heterocycles. The molecule has 8 aromatic carbocycles. The number of hydrogen-bond acceptors (Lipinski definition) is 2. The molecule has 0 bridgehead atoms. The third kappa shape index (κ3) is 5.41. The lowest BCUT2D eigenvalue weighted by atomic mass is 9.33. The van der Waals surface area contributed by atoms with Gasteiger partial charge in [0.15, 0.2) is 0 Å². The molecule has 288 valence electrons. The Morgan fingerprint density at radius 3 is 1.72 bits per heavy atom. The minimum absolute atomic E-state index is 0.0419. The van der Waals surface area contributed by atoms with Crippen molar-refractivity contribution in [1.82, 2.24) is 0 Å². The minimum Gasteiger partial charge on any atom is -0.311 e. The van der Waals surface area contributed by atoms with E-state index in [1.807, 2.05) is 0 Å². The van der Waals surface area contributed by atoms with Crippen LogP contribution in [0.15, 0.2) is 182 Å². The Bertz CT molecular complexity index is 2950. The summed E-state index contributed by atoms with van der Waals surface area (Å²) >= 11 is 0. The van der Waals surface area contributed by atoms with E-state index in [-0.39, 0.29) is 12.1 Å². The van der Waals surface area contributed by atoms with E-state index < -0.39 is 0 Å². The Hall–Kier alpha value is -6.58. The Morgan fingerprint density at radius 1 is 0.433 bits per heavy atom. The molecule has 60 heavy (non-hydrogen) atoms. The summed E-state index contributed by atoms with van der Waals surface area (Å²) in [4.78, 5) is 5.16. The highest BCUT2D eigenvalue weighted by atomic mass is 15.2. The van der Waals surface area contributed by atoms with Crippen LogP contribution in [0, 0.1) is 0 Å². The van der Waals surface area contributed by atoms with Crippen molar-refractivity contribution in [2.24, 2.45) is 0 Å². The van der Waals surface area contributed by atoms with E-state index in [9.17, 15) is 0 Å². The van der Waals surface area contributed by atoms with E-state index in [0.29, 0.717) is 5.92 Å². The van der Waals surface area contributed by atoms with Crippen LogP contribution in [-0.2, 0) is 5.41 Å². The molecule has 0 atom stereocenters. The van der Waals surface area contributed by atoms with Gasteiger partial charge >= 0.3 is 0 Å². The first-order valence-corrected chi connectivity index (χ1v) is 22.0. The first kappa shape index (κ1) is 35.4. The molecule has 2 heterocycles. The van der Waals surface area contributed by atoms with Crippen LogP contribution >= 0.6 is 0 Å². The summed E-state index contributed by atoms with van der Waals surface area (Å²) < 4.78 is 0. The lowest BCUT2D eigenvalue weighted by Gasteiger charge is -2.45. The van der Waals surface area contributed by atoms with Gasteiger partial charge in [-0.15, -0.1) is 0 Å². The average molecular weight is 771 g/mol. The van der Waals surface area contributed by atoms with Crippen LogP contribution in [0.2, 0.25) is 0 Å². The molecule has 2 aliphatic carbocycles. The fourth-order valence-corrected chi connectivity index (χ4v) is 11.3. The standard InChI is InChI=1S/C57H47BN2/c1-57(2)48-26-16-15-25-46(48)47-30-27-40(33-49(47)57)41-29-32-52-51(34-41)58-50-31-28-42(38-17-7-3-8-18-38)35-53(50)60(45-23-13-6-14-24-45)55-37-43(39-19-9-4-10-20-39)36-54(56(55)58)59(52)44-21-11-5-12-22-44/h3,5-8,11-18,21-37,39H,4,9-10,19-20H2,1-2H3. The van der Waals surface area contributed by atoms with Crippen LogP contribution in [0.1, 0.15) is 68.6 Å². The van der Waals surface area contributed by atoms with Crippen LogP contribution in [-0.4, -0.2) is 6.71 Å². The van der Waals surface area contributed by atoms with Crippen molar-refractivity contribution in [3.8, 4) is 33.4 Å². The molecule has 0 amide bonds. The van der Waals surface area contributed by atoms with Crippen LogP contribution in [0.3, 0.4) is 0 Å². The molecule has 1 fully saturated rings. The lowest BCUT2D eigenvalue weighted by molar-refractivity contribution is 0.444. The summed E-state index contributed by atoms with van der Waals surface area (Å²) in [5.74, 6) is 0.546. The van der Waals surface area contributed by atoms with Gasteiger partial charge in [-0.25, -0.2) is 0 Å². The molecule has 0 unspecified atom stereocenters. The molecule has 0 aromatic heterocycles. The van der Waals surface area contributed by atoms with Crippen molar-refractivity contribution in [3.63, 3.8) is 0 Å². The molecular formula is C57H47BN2. The smallest absolute Gasteiger partial charge is 0.252 e. The molecule has 0 N–H and O–H groups in total. The molecule has 1 saturated carbocycles. The van der Waals surface area contributed by atoms with Crippen molar-refractivity contribution >= 4 is 57.2 Å². The maximum Gasteiger partial charge on any atom is 0.252 e. The van der Waals surface area contributed by atoms with Gasteiger partial charge in [0.25, 0.3) is 6.71 Å². The number of benzene rings is 8. The van der Waals surface area contributed by atoms with Crippen molar-refractivity contribution in [2.75, 3.05) is 9.80 Å². The largest absolute Gasteiger partial charge is 0.311 e. The van der Waals surface area contributed by atoms with Gasteiger partial charge in [0.05, 0.1) is 0 Å². The molecule has 0 saturated heterocycles. The molecule has 2 nitrogen and oxygen atoms in total. The summed E-state index contributed by atoms with van der Waals surface area (Å²) in [6.07, 6.45) is 6.42. The number of rotatable bonds is 5. The van der Waals surface area contributed by atoms with E-state index in [0.717, 1.165) is 0 Å². The number of hydrogen-bond donors (Lipinski definition) is 0. The average Bonchev–Trinajstić information content (AvgIpc) is 3.54. The molecule has 4 aliphatic rings. The van der Waals surface area contributed by atoms with Crippen LogP contribution in [0.4, 0.5) is 34.1 Å². The molecule has 0 spiro atoms. The van der Waals surface area contributed by atoms with Crippen molar-refractivity contribution in [3.05, 3.63) is 199 Å². The highest BCUT2D eigenvalue weighted by Gasteiger charge is 2.44. The zero-order chi connectivity index (χ0) is 40.0. The minimum atomic E-state index is -0.0657. The van der Waals surface area contributed by atoms with Gasteiger partial charge in [0.2, 0.25) is 0 Å². The summed E-state index contributed by atoms with van der Waals surface area (Å²) in [6, 6.07) is 69.0. The normalized spacial score (nSPS) is 15.8. The van der Waals surface area contributed by atoms with Crippen molar-refractivity contribution in [2.45, 2.75) is 57.3 Å². The van der Waals surface area contributed by atoms with E-state index in [1.165, 1.54) is 133 Å². The fourth-order valence-electron chi connectivity index (χ4n) is 11.3. The first-order valence-electron chi connectivity index (χ1n) is 22.0. The van der Waals surface area contributed by atoms with Crippen LogP contribution in [0.25, 0.3) is 33.4 Å². The van der Waals surface area contributed by atoms with Gasteiger partial charge in [-0.05, 0) is 140 Å². The zero-order valence-electron chi connectivity index (χ0n) is 34.4. The van der Waals surface area contributed by atoms with Gasteiger partial charge < -0.3 is 9.80 Å². The fraction of sp³-hybridized carbons (Fsp3) is 0.158. The van der Waals surface area contributed by atoms with E-state index in [4.69, 9.17) is 0 Å².